The van der Waals surface area contributed by atoms with Gasteiger partial charge in [-0.25, -0.2) is 4.79 Å². The van der Waals surface area contributed by atoms with E-state index in [1.807, 2.05) is 19.2 Å². The van der Waals surface area contributed by atoms with Gasteiger partial charge in [-0.1, -0.05) is 34.1 Å². The minimum Gasteiger partial charge on any atom is -0.478 e. The van der Waals surface area contributed by atoms with Crippen LogP contribution in [0.1, 0.15) is 55.6 Å². The Morgan fingerprint density at radius 1 is 1.30 bits per heavy atom. The van der Waals surface area contributed by atoms with Gasteiger partial charge >= 0.3 is 5.97 Å². The number of carboxylic acid groups (broad SMARTS) is 1. The molecule has 2 aromatic rings. The molecule has 20 heavy (non-hydrogen) atoms. The van der Waals surface area contributed by atoms with E-state index in [2.05, 4.69) is 38.5 Å². The predicted molar refractivity (Wildman–Crippen MR) is 82.6 cm³/mol. The summed E-state index contributed by atoms with van der Waals surface area (Å²) in [7, 11) is 2.04. The van der Waals surface area contributed by atoms with Crippen molar-refractivity contribution in [1.82, 2.24) is 4.57 Å². The molecule has 1 aromatic heterocycles. The maximum absolute atomic E-state index is 11.4. The van der Waals surface area contributed by atoms with Crippen LogP contribution in [0, 0.1) is 0 Å². The number of carboxylic acids is 1. The Morgan fingerprint density at radius 3 is 2.45 bits per heavy atom. The average Bonchev–Trinajstić information content (AvgIpc) is 2.65. The van der Waals surface area contributed by atoms with Crippen molar-refractivity contribution >= 4 is 16.9 Å². The fourth-order valence-electron chi connectivity index (χ4n) is 2.79. The fourth-order valence-corrected chi connectivity index (χ4v) is 2.79. The van der Waals surface area contributed by atoms with E-state index in [4.69, 9.17) is 0 Å². The molecule has 3 heteroatoms. The van der Waals surface area contributed by atoms with Crippen molar-refractivity contribution in [3.63, 3.8) is 0 Å². The summed E-state index contributed by atoms with van der Waals surface area (Å²) in [4.78, 5) is 11.4. The van der Waals surface area contributed by atoms with Crippen LogP contribution in [0.15, 0.2) is 18.3 Å². The highest BCUT2D eigenvalue weighted by Gasteiger charge is 2.22. The third-order valence-corrected chi connectivity index (χ3v) is 3.73. The first kappa shape index (κ1) is 14.6. The molecule has 0 spiro atoms. The van der Waals surface area contributed by atoms with Crippen molar-refractivity contribution in [3.05, 3.63) is 35.0 Å². The van der Waals surface area contributed by atoms with E-state index in [-0.39, 0.29) is 5.41 Å². The number of hydrogen-bond donors (Lipinski definition) is 1. The van der Waals surface area contributed by atoms with Crippen LogP contribution in [0.5, 0.6) is 0 Å². The molecule has 0 unspecified atom stereocenters. The number of carbonyl (C=O) groups is 1. The lowest BCUT2D eigenvalue weighted by molar-refractivity contribution is 0.0697. The molecule has 0 aliphatic heterocycles. The van der Waals surface area contributed by atoms with Gasteiger partial charge in [-0.3, -0.25) is 0 Å². The zero-order valence-electron chi connectivity index (χ0n) is 12.9. The Labute approximate surface area is 120 Å². The number of aromatic carboxylic acids is 1. The second-order valence-electron chi connectivity index (χ2n) is 6.49. The summed E-state index contributed by atoms with van der Waals surface area (Å²) in [5.41, 5.74) is 3.78. The van der Waals surface area contributed by atoms with Crippen LogP contribution in [-0.4, -0.2) is 15.6 Å². The number of rotatable bonds is 3. The van der Waals surface area contributed by atoms with E-state index >= 15 is 0 Å². The Balaban J connectivity index is 2.86. The molecule has 1 heterocycles. The molecule has 0 aliphatic carbocycles. The SMILES string of the molecule is CCCc1cn(C)c2c(C(C)(C)C)cc(C(=O)O)cc12. The molecule has 0 bridgehead atoms. The molecule has 0 atom stereocenters. The maximum Gasteiger partial charge on any atom is 0.335 e. The zero-order valence-corrected chi connectivity index (χ0v) is 12.9. The number of aromatic nitrogens is 1. The Hall–Kier alpha value is -1.77. The third kappa shape index (κ3) is 2.45. The minimum atomic E-state index is -0.858. The van der Waals surface area contributed by atoms with Crippen molar-refractivity contribution in [3.8, 4) is 0 Å². The molecule has 0 saturated carbocycles. The highest BCUT2D eigenvalue weighted by Crippen LogP contribution is 2.34. The van der Waals surface area contributed by atoms with Crippen LogP contribution in [0.3, 0.4) is 0 Å². The number of fused-ring (bicyclic) bond motifs is 1. The summed E-state index contributed by atoms with van der Waals surface area (Å²) in [5.74, 6) is -0.858. The smallest absolute Gasteiger partial charge is 0.335 e. The Morgan fingerprint density at radius 2 is 1.95 bits per heavy atom. The van der Waals surface area contributed by atoms with Gasteiger partial charge in [0.1, 0.15) is 0 Å². The summed E-state index contributed by atoms with van der Waals surface area (Å²) in [6.07, 6.45) is 4.17. The van der Waals surface area contributed by atoms with E-state index in [0.717, 1.165) is 29.3 Å². The van der Waals surface area contributed by atoms with Crippen LogP contribution < -0.4 is 0 Å². The lowest BCUT2D eigenvalue weighted by atomic mass is 9.84. The van der Waals surface area contributed by atoms with Gasteiger partial charge in [-0.05, 0) is 35.1 Å². The van der Waals surface area contributed by atoms with Crippen LogP contribution in [0.2, 0.25) is 0 Å². The van der Waals surface area contributed by atoms with Crippen molar-refractivity contribution in [2.75, 3.05) is 0 Å². The number of benzene rings is 1. The van der Waals surface area contributed by atoms with Crippen LogP contribution in [-0.2, 0) is 18.9 Å². The van der Waals surface area contributed by atoms with Gasteiger partial charge in [0, 0.05) is 18.6 Å². The van der Waals surface area contributed by atoms with Crippen molar-refractivity contribution in [2.24, 2.45) is 7.05 Å². The molecular formula is C17H23NO2. The topological polar surface area (TPSA) is 42.2 Å². The fraction of sp³-hybridized carbons (Fsp3) is 0.471. The largest absolute Gasteiger partial charge is 0.478 e. The molecule has 1 aromatic carbocycles. The van der Waals surface area contributed by atoms with Crippen molar-refractivity contribution < 1.29 is 9.90 Å². The molecule has 2 rings (SSSR count). The zero-order chi connectivity index (χ0) is 15.1. The van der Waals surface area contributed by atoms with Gasteiger partial charge in [0.2, 0.25) is 0 Å². The quantitative estimate of drug-likeness (QED) is 0.913. The molecule has 0 fully saturated rings. The molecule has 0 radical (unpaired) electrons. The standard InChI is InChI=1S/C17H23NO2/c1-6-7-11-10-18(5)15-13(11)8-12(16(19)20)9-14(15)17(2,3)4/h8-10H,6-7H2,1-5H3,(H,19,20). The molecule has 1 N–H and O–H groups in total. The molecule has 0 aliphatic rings. The molecule has 0 saturated heterocycles. The molecule has 3 nitrogen and oxygen atoms in total. The first-order chi connectivity index (χ1) is 9.25. The van der Waals surface area contributed by atoms with Crippen molar-refractivity contribution in [2.45, 2.75) is 46.0 Å². The Kier molecular flexibility index (Phi) is 3.63. The monoisotopic (exact) mass is 273 g/mol. The number of nitrogens with zero attached hydrogens (tertiary/aromatic N) is 1. The van der Waals surface area contributed by atoms with Crippen LogP contribution >= 0.6 is 0 Å². The Bertz CT molecular complexity index is 660. The minimum absolute atomic E-state index is 0.0840. The maximum atomic E-state index is 11.4. The van der Waals surface area contributed by atoms with E-state index in [1.165, 1.54) is 5.56 Å². The van der Waals surface area contributed by atoms with Gasteiger partial charge < -0.3 is 9.67 Å². The van der Waals surface area contributed by atoms with E-state index in [9.17, 15) is 9.90 Å². The normalized spacial score (nSPS) is 12.1. The lowest BCUT2D eigenvalue weighted by Crippen LogP contribution is -2.14. The van der Waals surface area contributed by atoms with Gasteiger partial charge in [0.15, 0.2) is 0 Å². The molecule has 108 valence electrons. The third-order valence-electron chi connectivity index (χ3n) is 3.73. The summed E-state index contributed by atoms with van der Waals surface area (Å²) >= 11 is 0. The first-order valence-corrected chi connectivity index (χ1v) is 7.11. The highest BCUT2D eigenvalue weighted by molar-refractivity contribution is 5.97. The van der Waals surface area contributed by atoms with Gasteiger partial charge in [0.05, 0.1) is 11.1 Å². The summed E-state index contributed by atoms with van der Waals surface area (Å²) in [6.45, 7) is 8.52. The summed E-state index contributed by atoms with van der Waals surface area (Å²) in [5, 5.41) is 10.4. The van der Waals surface area contributed by atoms with Gasteiger partial charge in [-0.2, -0.15) is 0 Å². The summed E-state index contributed by atoms with van der Waals surface area (Å²) in [6, 6.07) is 3.64. The summed E-state index contributed by atoms with van der Waals surface area (Å²) < 4.78 is 2.13. The van der Waals surface area contributed by atoms with Crippen LogP contribution in [0.25, 0.3) is 10.9 Å². The van der Waals surface area contributed by atoms with Gasteiger partial charge in [-0.15, -0.1) is 0 Å². The van der Waals surface area contributed by atoms with E-state index in [0.29, 0.717) is 5.56 Å². The number of aryl methyl sites for hydroxylation is 2. The predicted octanol–water partition coefficient (Wildman–Crippen LogP) is 4.13. The first-order valence-electron chi connectivity index (χ1n) is 7.11. The van der Waals surface area contributed by atoms with Crippen molar-refractivity contribution in [1.29, 1.82) is 0 Å². The lowest BCUT2D eigenvalue weighted by Gasteiger charge is -2.22. The highest BCUT2D eigenvalue weighted by atomic mass is 16.4. The number of hydrogen-bond acceptors (Lipinski definition) is 1. The average molecular weight is 273 g/mol. The van der Waals surface area contributed by atoms with Gasteiger partial charge in [0.25, 0.3) is 0 Å². The second-order valence-corrected chi connectivity index (χ2v) is 6.49. The molecular weight excluding hydrogens is 250 g/mol. The van der Waals surface area contributed by atoms with E-state index < -0.39 is 5.97 Å². The molecule has 0 amide bonds. The second kappa shape index (κ2) is 4.97. The van der Waals surface area contributed by atoms with Crippen LogP contribution in [0.4, 0.5) is 0 Å². The van der Waals surface area contributed by atoms with E-state index in [1.54, 1.807) is 0 Å².